The maximum absolute atomic E-state index is 11.9. The normalized spacial score (nSPS) is 10.1. The van der Waals surface area contributed by atoms with Crippen LogP contribution in [-0.2, 0) is 15.9 Å². The molecular formula is C19H20F2N2O4. The van der Waals surface area contributed by atoms with Crippen LogP contribution in [0.2, 0.25) is 0 Å². The first-order chi connectivity index (χ1) is 13.1. The van der Waals surface area contributed by atoms with E-state index in [1.165, 1.54) is 0 Å². The fourth-order valence-corrected chi connectivity index (χ4v) is 2.22. The second kappa shape index (κ2) is 10.7. The van der Waals surface area contributed by atoms with Crippen LogP contribution in [0.1, 0.15) is 11.1 Å². The third-order valence-corrected chi connectivity index (χ3v) is 3.43. The Morgan fingerprint density at radius 1 is 0.704 bits per heavy atom. The maximum Gasteiger partial charge on any atom is 0.411 e. The zero-order valence-electron chi connectivity index (χ0n) is 14.5. The number of anilines is 2. The van der Waals surface area contributed by atoms with Crippen LogP contribution in [-0.4, -0.2) is 38.7 Å². The lowest BCUT2D eigenvalue weighted by Crippen LogP contribution is -2.15. The van der Waals surface area contributed by atoms with Crippen LogP contribution in [0, 0.1) is 0 Å². The van der Waals surface area contributed by atoms with E-state index in [0.717, 1.165) is 11.1 Å². The minimum Gasteiger partial charge on any atom is -0.447 e. The van der Waals surface area contributed by atoms with Gasteiger partial charge in [-0.3, -0.25) is 10.6 Å². The summed E-state index contributed by atoms with van der Waals surface area (Å²) in [5.41, 5.74) is 3.13. The Morgan fingerprint density at radius 3 is 1.41 bits per heavy atom. The zero-order valence-corrected chi connectivity index (χ0v) is 14.5. The van der Waals surface area contributed by atoms with Gasteiger partial charge in [-0.1, -0.05) is 24.3 Å². The molecule has 0 unspecified atom stereocenters. The van der Waals surface area contributed by atoms with Crippen molar-refractivity contribution >= 4 is 23.6 Å². The topological polar surface area (TPSA) is 76.7 Å². The van der Waals surface area contributed by atoms with Crippen LogP contribution in [0.4, 0.5) is 29.7 Å². The van der Waals surface area contributed by atoms with E-state index in [-0.39, 0.29) is 13.2 Å². The molecule has 0 saturated heterocycles. The molecule has 0 aromatic heterocycles. The number of hydrogen-bond donors (Lipinski definition) is 2. The smallest absolute Gasteiger partial charge is 0.411 e. The van der Waals surface area contributed by atoms with Gasteiger partial charge in [0, 0.05) is 11.4 Å². The van der Waals surface area contributed by atoms with Crippen molar-refractivity contribution in [2.24, 2.45) is 0 Å². The highest BCUT2D eigenvalue weighted by Gasteiger charge is 2.05. The SMILES string of the molecule is O=C(Nc1ccc(Cc2ccc(NC(=O)OCCF)cc2)cc1)OCCF. The number of alkyl halides is 2. The molecule has 0 bridgehead atoms. The van der Waals surface area contributed by atoms with Crippen molar-refractivity contribution in [1.82, 2.24) is 0 Å². The van der Waals surface area contributed by atoms with Gasteiger partial charge in [0.2, 0.25) is 0 Å². The Balaban J connectivity index is 1.86. The van der Waals surface area contributed by atoms with Gasteiger partial charge >= 0.3 is 12.2 Å². The van der Waals surface area contributed by atoms with Crippen LogP contribution in [0.15, 0.2) is 48.5 Å². The molecule has 2 amide bonds. The van der Waals surface area contributed by atoms with Gasteiger partial charge < -0.3 is 9.47 Å². The average molecular weight is 378 g/mol. The van der Waals surface area contributed by atoms with E-state index in [0.29, 0.717) is 17.8 Å². The number of amides is 2. The molecule has 6 nitrogen and oxygen atoms in total. The van der Waals surface area contributed by atoms with Gasteiger partial charge in [0.25, 0.3) is 0 Å². The molecule has 0 atom stereocenters. The number of ether oxygens (including phenoxy) is 2. The Hall–Kier alpha value is -3.16. The predicted octanol–water partition coefficient (Wildman–Crippen LogP) is 4.31. The van der Waals surface area contributed by atoms with Gasteiger partial charge in [-0.15, -0.1) is 0 Å². The van der Waals surface area contributed by atoms with Gasteiger partial charge in [0.15, 0.2) is 0 Å². The highest BCUT2D eigenvalue weighted by Crippen LogP contribution is 2.16. The lowest BCUT2D eigenvalue weighted by atomic mass is 10.0. The minimum absolute atomic E-state index is 0.275. The highest BCUT2D eigenvalue weighted by molar-refractivity contribution is 5.85. The van der Waals surface area contributed by atoms with E-state index in [1.54, 1.807) is 24.3 Å². The average Bonchev–Trinajstić information content (AvgIpc) is 2.68. The molecule has 2 rings (SSSR count). The maximum atomic E-state index is 11.9. The summed E-state index contributed by atoms with van der Waals surface area (Å²) < 4.78 is 33.1. The lowest BCUT2D eigenvalue weighted by molar-refractivity contribution is 0.151. The largest absolute Gasteiger partial charge is 0.447 e. The van der Waals surface area contributed by atoms with Crippen molar-refractivity contribution in [3.8, 4) is 0 Å². The molecule has 0 fully saturated rings. The van der Waals surface area contributed by atoms with Crippen LogP contribution in [0.25, 0.3) is 0 Å². The van der Waals surface area contributed by atoms with Crippen LogP contribution < -0.4 is 10.6 Å². The summed E-state index contributed by atoms with van der Waals surface area (Å²) in [5, 5.41) is 5.01. The molecule has 0 heterocycles. The third kappa shape index (κ3) is 7.31. The predicted molar refractivity (Wildman–Crippen MR) is 97.6 cm³/mol. The summed E-state index contributed by atoms with van der Waals surface area (Å²) in [4.78, 5) is 22.7. The quantitative estimate of drug-likeness (QED) is 0.718. The second-order valence-electron chi connectivity index (χ2n) is 5.47. The van der Waals surface area contributed by atoms with E-state index in [1.807, 2.05) is 24.3 Å². The van der Waals surface area contributed by atoms with Crippen LogP contribution in [0.3, 0.4) is 0 Å². The number of nitrogens with one attached hydrogen (secondary N) is 2. The molecular weight excluding hydrogens is 358 g/mol. The highest BCUT2D eigenvalue weighted by atomic mass is 19.1. The van der Waals surface area contributed by atoms with Gasteiger partial charge in [0.1, 0.15) is 26.6 Å². The molecule has 0 aliphatic rings. The lowest BCUT2D eigenvalue weighted by Gasteiger charge is -2.08. The Bertz CT molecular complexity index is 673. The van der Waals surface area contributed by atoms with Gasteiger partial charge in [-0.2, -0.15) is 0 Å². The van der Waals surface area contributed by atoms with E-state index >= 15 is 0 Å². The Kier molecular flexibility index (Phi) is 8.02. The second-order valence-corrected chi connectivity index (χ2v) is 5.47. The number of benzene rings is 2. The molecule has 0 spiro atoms. The van der Waals surface area contributed by atoms with Crippen LogP contribution >= 0.6 is 0 Å². The molecule has 144 valence electrons. The van der Waals surface area contributed by atoms with Crippen molar-refractivity contribution in [3.05, 3.63) is 59.7 Å². The van der Waals surface area contributed by atoms with E-state index < -0.39 is 25.5 Å². The first kappa shape index (κ1) is 20.2. The number of hydrogen-bond acceptors (Lipinski definition) is 4. The van der Waals surface area contributed by atoms with Crippen molar-refractivity contribution in [2.75, 3.05) is 37.2 Å². The Labute approximate surface area is 155 Å². The van der Waals surface area contributed by atoms with Gasteiger partial charge in [-0.05, 0) is 41.8 Å². The van der Waals surface area contributed by atoms with E-state index in [4.69, 9.17) is 0 Å². The summed E-state index contributed by atoms with van der Waals surface area (Å²) in [5.74, 6) is 0. The summed E-state index contributed by atoms with van der Waals surface area (Å²) in [6, 6.07) is 14.3. The van der Waals surface area contributed by atoms with Crippen molar-refractivity contribution in [2.45, 2.75) is 6.42 Å². The third-order valence-electron chi connectivity index (χ3n) is 3.43. The number of carbonyl (C=O) groups is 2. The van der Waals surface area contributed by atoms with Gasteiger partial charge in [-0.25, -0.2) is 18.4 Å². The molecule has 2 aromatic carbocycles. The summed E-state index contributed by atoms with van der Waals surface area (Å²) >= 11 is 0. The molecule has 0 radical (unpaired) electrons. The molecule has 0 aliphatic heterocycles. The van der Waals surface area contributed by atoms with Crippen LogP contribution in [0.5, 0.6) is 0 Å². The summed E-state index contributed by atoms with van der Waals surface area (Å²) in [7, 11) is 0. The Morgan fingerprint density at radius 2 is 1.07 bits per heavy atom. The summed E-state index contributed by atoms with van der Waals surface area (Å²) in [6.45, 7) is -2.00. The molecule has 8 heteroatoms. The zero-order chi connectivity index (χ0) is 19.5. The van der Waals surface area contributed by atoms with Crippen molar-refractivity contribution < 1.29 is 27.8 Å². The van der Waals surface area contributed by atoms with Gasteiger partial charge in [0.05, 0.1) is 0 Å². The first-order valence-electron chi connectivity index (χ1n) is 8.28. The monoisotopic (exact) mass is 378 g/mol. The van der Waals surface area contributed by atoms with Crippen molar-refractivity contribution in [3.63, 3.8) is 0 Å². The molecule has 27 heavy (non-hydrogen) atoms. The molecule has 2 N–H and O–H groups in total. The standard InChI is InChI=1S/C19H20F2N2O4/c20-9-11-26-18(24)22-16-5-1-14(2-6-16)13-15-3-7-17(8-4-15)23-19(25)27-12-10-21/h1-8H,9-13H2,(H,22,24)(H,23,25). The fourth-order valence-electron chi connectivity index (χ4n) is 2.22. The minimum atomic E-state index is -0.723. The summed E-state index contributed by atoms with van der Waals surface area (Å²) in [6.07, 6.45) is -0.749. The molecule has 2 aromatic rings. The first-order valence-corrected chi connectivity index (χ1v) is 8.28. The number of rotatable bonds is 8. The fraction of sp³-hybridized carbons (Fsp3) is 0.263. The molecule has 0 saturated carbocycles. The van der Waals surface area contributed by atoms with E-state index in [2.05, 4.69) is 20.1 Å². The number of carbonyl (C=O) groups excluding carboxylic acids is 2. The van der Waals surface area contributed by atoms with E-state index in [9.17, 15) is 18.4 Å². The molecule has 0 aliphatic carbocycles. The van der Waals surface area contributed by atoms with Crippen molar-refractivity contribution in [1.29, 1.82) is 0 Å². The number of halogens is 2.